The number of aromatic nitrogens is 1. The first kappa shape index (κ1) is 20.2. The molecule has 2 aromatic carbocycles. The van der Waals surface area contributed by atoms with Crippen molar-refractivity contribution in [3.05, 3.63) is 94.6 Å². The second kappa shape index (κ2) is 9.10. The van der Waals surface area contributed by atoms with E-state index in [1.807, 2.05) is 32.0 Å². The molecule has 0 saturated carbocycles. The molecule has 0 aliphatic heterocycles. The summed E-state index contributed by atoms with van der Waals surface area (Å²) in [6, 6.07) is 14.9. The molecule has 0 bridgehead atoms. The molecule has 0 unspecified atom stereocenters. The molecule has 2 amide bonds. The topological polar surface area (TPSA) is 71.1 Å². The van der Waals surface area contributed by atoms with E-state index in [1.165, 1.54) is 24.4 Å². The number of hydrogen-bond donors (Lipinski definition) is 2. The van der Waals surface area contributed by atoms with Crippen LogP contribution >= 0.6 is 0 Å². The number of pyridine rings is 1. The number of carbonyl (C=O) groups is 2. The first-order chi connectivity index (χ1) is 13.9. The molecule has 3 rings (SSSR count). The number of rotatable bonds is 6. The van der Waals surface area contributed by atoms with Crippen molar-refractivity contribution in [2.75, 3.05) is 11.9 Å². The van der Waals surface area contributed by atoms with Crippen LogP contribution in [0.5, 0.6) is 0 Å². The Kier molecular flexibility index (Phi) is 6.34. The Labute approximate surface area is 169 Å². The Bertz CT molecular complexity index is 1010. The van der Waals surface area contributed by atoms with Crippen molar-refractivity contribution in [2.45, 2.75) is 20.3 Å². The Hall–Kier alpha value is -3.54. The van der Waals surface area contributed by atoms with E-state index < -0.39 is 0 Å². The van der Waals surface area contributed by atoms with Gasteiger partial charge in [0.25, 0.3) is 11.8 Å². The van der Waals surface area contributed by atoms with Crippen LogP contribution in [0.3, 0.4) is 0 Å². The Morgan fingerprint density at radius 2 is 1.62 bits per heavy atom. The lowest BCUT2D eigenvalue weighted by Gasteiger charge is -2.09. The fraction of sp³-hybridized carbons (Fsp3) is 0.174. The highest BCUT2D eigenvalue weighted by molar-refractivity contribution is 6.04. The maximum Gasteiger partial charge on any atom is 0.274 e. The zero-order valence-electron chi connectivity index (χ0n) is 16.3. The zero-order chi connectivity index (χ0) is 20.8. The SMILES string of the molecule is Cc1cc(C)cc(NC(=O)c2cc(C(=O)NCCc3ccc(F)cc3)ccn2)c1. The molecular weight excluding hydrogens is 369 g/mol. The number of carbonyl (C=O) groups excluding carboxylic acids is 2. The zero-order valence-corrected chi connectivity index (χ0v) is 16.3. The number of aryl methyl sites for hydroxylation is 2. The molecule has 0 aliphatic rings. The number of hydrogen-bond acceptors (Lipinski definition) is 3. The van der Waals surface area contributed by atoms with Gasteiger partial charge >= 0.3 is 0 Å². The van der Waals surface area contributed by atoms with Crippen LogP contribution in [0.15, 0.2) is 60.8 Å². The summed E-state index contributed by atoms with van der Waals surface area (Å²) in [6.45, 7) is 4.31. The molecule has 0 fully saturated rings. The van der Waals surface area contributed by atoms with Gasteiger partial charge in [0, 0.05) is 24.0 Å². The molecular formula is C23H22FN3O2. The number of amides is 2. The molecule has 6 heteroatoms. The van der Waals surface area contributed by atoms with Crippen LogP contribution < -0.4 is 10.6 Å². The summed E-state index contributed by atoms with van der Waals surface area (Å²) in [7, 11) is 0. The van der Waals surface area contributed by atoms with Crippen molar-refractivity contribution in [1.29, 1.82) is 0 Å². The third kappa shape index (κ3) is 5.72. The Morgan fingerprint density at radius 1 is 0.931 bits per heavy atom. The van der Waals surface area contributed by atoms with Gasteiger partial charge in [-0.05, 0) is 73.4 Å². The first-order valence-corrected chi connectivity index (χ1v) is 9.29. The standard InChI is InChI=1S/C23H22FN3O2/c1-15-11-16(2)13-20(12-15)27-23(29)21-14-18(8-10-25-21)22(28)26-9-7-17-3-5-19(24)6-4-17/h3-6,8,10-14H,7,9H2,1-2H3,(H,26,28)(H,27,29). The molecule has 1 heterocycles. The molecule has 2 N–H and O–H groups in total. The van der Waals surface area contributed by atoms with E-state index in [9.17, 15) is 14.0 Å². The fourth-order valence-electron chi connectivity index (χ4n) is 3.01. The fourth-order valence-corrected chi connectivity index (χ4v) is 3.01. The van der Waals surface area contributed by atoms with Crippen molar-refractivity contribution in [2.24, 2.45) is 0 Å². The predicted molar refractivity (Wildman–Crippen MR) is 111 cm³/mol. The molecule has 0 saturated heterocycles. The van der Waals surface area contributed by atoms with Gasteiger partial charge in [-0.2, -0.15) is 0 Å². The van der Waals surface area contributed by atoms with Crippen molar-refractivity contribution < 1.29 is 14.0 Å². The second-order valence-corrected chi connectivity index (χ2v) is 6.89. The van der Waals surface area contributed by atoms with Crippen molar-refractivity contribution in [1.82, 2.24) is 10.3 Å². The number of nitrogens with one attached hydrogen (secondary N) is 2. The lowest BCUT2D eigenvalue weighted by atomic mass is 10.1. The number of anilines is 1. The van der Waals surface area contributed by atoms with E-state index in [-0.39, 0.29) is 23.3 Å². The average molecular weight is 391 g/mol. The van der Waals surface area contributed by atoms with Gasteiger partial charge in [0.2, 0.25) is 0 Å². The lowest BCUT2D eigenvalue weighted by Crippen LogP contribution is -2.26. The third-order valence-corrected chi connectivity index (χ3v) is 4.35. The molecule has 0 atom stereocenters. The smallest absolute Gasteiger partial charge is 0.274 e. The van der Waals surface area contributed by atoms with Gasteiger partial charge in [0.1, 0.15) is 11.5 Å². The van der Waals surface area contributed by atoms with Crippen LogP contribution in [0.4, 0.5) is 10.1 Å². The van der Waals surface area contributed by atoms with E-state index in [1.54, 1.807) is 18.2 Å². The highest BCUT2D eigenvalue weighted by atomic mass is 19.1. The van der Waals surface area contributed by atoms with Gasteiger partial charge in [-0.3, -0.25) is 14.6 Å². The molecule has 0 aliphatic carbocycles. The van der Waals surface area contributed by atoms with Gasteiger partial charge in [-0.25, -0.2) is 4.39 Å². The third-order valence-electron chi connectivity index (χ3n) is 4.35. The summed E-state index contributed by atoms with van der Waals surface area (Å²) >= 11 is 0. The predicted octanol–water partition coefficient (Wildman–Crippen LogP) is 4.06. The quantitative estimate of drug-likeness (QED) is 0.666. The molecule has 0 spiro atoms. The van der Waals surface area contributed by atoms with E-state index >= 15 is 0 Å². The number of halogens is 1. The van der Waals surface area contributed by atoms with Crippen LogP contribution in [0.1, 0.15) is 37.5 Å². The molecule has 5 nitrogen and oxygen atoms in total. The summed E-state index contributed by atoms with van der Waals surface area (Å²) in [5.41, 5.74) is 4.21. The summed E-state index contributed by atoms with van der Waals surface area (Å²) in [5, 5.41) is 5.61. The van der Waals surface area contributed by atoms with Crippen molar-refractivity contribution in [3.63, 3.8) is 0 Å². The number of benzene rings is 2. The normalized spacial score (nSPS) is 10.4. The minimum Gasteiger partial charge on any atom is -0.352 e. The van der Waals surface area contributed by atoms with Crippen LogP contribution in [0.25, 0.3) is 0 Å². The van der Waals surface area contributed by atoms with Gasteiger partial charge < -0.3 is 10.6 Å². The second-order valence-electron chi connectivity index (χ2n) is 6.89. The van der Waals surface area contributed by atoms with Gasteiger partial charge in [0.15, 0.2) is 0 Å². The summed E-state index contributed by atoms with van der Waals surface area (Å²) in [6.07, 6.45) is 2.02. The van der Waals surface area contributed by atoms with E-state index in [4.69, 9.17) is 0 Å². The summed E-state index contributed by atoms with van der Waals surface area (Å²) < 4.78 is 12.9. The van der Waals surface area contributed by atoms with Crippen LogP contribution in [-0.2, 0) is 6.42 Å². The van der Waals surface area contributed by atoms with Gasteiger partial charge in [0.05, 0.1) is 0 Å². The minimum absolute atomic E-state index is 0.162. The van der Waals surface area contributed by atoms with Crippen molar-refractivity contribution >= 4 is 17.5 Å². The van der Waals surface area contributed by atoms with Crippen molar-refractivity contribution in [3.8, 4) is 0 Å². The van der Waals surface area contributed by atoms with E-state index in [0.717, 1.165) is 16.7 Å². The van der Waals surface area contributed by atoms with E-state index in [2.05, 4.69) is 15.6 Å². The first-order valence-electron chi connectivity index (χ1n) is 9.29. The monoisotopic (exact) mass is 391 g/mol. The van der Waals surface area contributed by atoms with Crippen LogP contribution in [0.2, 0.25) is 0 Å². The molecule has 148 valence electrons. The molecule has 29 heavy (non-hydrogen) atoms. The number of nitrogens with zero attached hydrogens (tertiary/aromatic N) is 1. The van der Waals surface area contributed by atoms with E-state index in [0.29, 0.717) is 24.2 Å². The van der Waals surface area contributed by atoms with Gasteiger partial charge in [-0.1, -0.05) is 18.2 Å². The maximum atomic E-state index is 12.9. The van der Waals surface area contributed by atoms with Crippen LogP contribution in [0, 0.1) is 19.7 Å². The highest BCUT2D eigenvalue weighted by Crippen LogP contribution is 2.15. The maximum absolute atomic E-state index is 12.9. The van der Waals surface area contributed by atoms with Crippen LogP contribution in [-0.4, -0.2) is 23.3 Å². The van der Waals surface area contributed by atoms with Gasteiger partial charge in [-0.15, -0.1) is 0 Å². The molecule has 1 aromatic heterocycles. The highest BCUT2D eigenvalue weighted by Gasteiger charge is 2.12. The largest absolute Gasteiger partial charge is 0.352 e. The summed E-state index contributed by atoms with van der Waals surface area (Å²) in [5.74, 6) is -0.966. The average Bonchev–Trinajstić information content (AvgIpc) is 2.68. The Balaban J connectivity index is 1.61. The minimum atomic E-state index is -0.379. The molecule has 0 radical (unpaired) electrons. The molecule has 3 aromatic rings. The summed E-state index contributed by atoms with van der Waals surface area (Å²) in [4.78, 5) is 29.0. The lowest BCUT2D eigenvalue weighted by molar-refractivity contribution is 0.0954. The Morgan fingerprint density at radius 3 is 2.31 bits per heavy atom.